The number of carbonyl (C=O) groups excluding carboxylic acids is 2. The second kappa shape index (κ2) is 13.7. The van der Waals surface area contributed by atoms with Crippen molar-refractivity contribution in [3.63, 3.8) is 0 Å². The normalized spacial score (nSPS) is 11.4. The number of esters is 2. The maximum atomic E-state index is 11.9. The van der Waals surface area contributed by atoms with Gasteiger partial charge in [0, 0.05) is 12.8 Å². The van der Waals surface area contributed by atoms with Crippen LogP contribution in [-0.2, 0) is 19.1 Å². The van der Waals surface area contributed by atoms with Crippen LogP contribution in [0.25, 0.3) is 0 Å². The Labute approximate surface area is 147 Å². The number of carbonyl (C=O) groups is 2. The minimum Gasteiger partial charge on any atom is -0.466 e. The van der Waals surface area contributed by atoms with Gasteiger partial charge in [-0.25, -0.2) is 0 Å². The van der Waals surface area contributed by atoms with Crippen LogP contribution in [0.5, 0.6) is 0 Å². The molecule has 0 aliphatic rings. The maximum Gasteiger partial charge on any atom is 0.307 e. The van der Waals surface area contributed by atoms with Crippen LogP contribution < -0.4 is 0 Å². The molecule has 4 nitrogen and oxygen atoms in total. The fourth-order valence-electron chi connectivity index (χ4n) is 1.93. The van der Waals surface area contributed by atoms with Gasteiger partial charge in [0.15, 0.2) is 6.10 Å². The standard InChI is InChI=1S/C20H32O4/c1-6-7-14-23-19(21)10-8-9-11-20(22)24-18(15-17(4)5)13-12-16(2)3/h17-18H,2,6-11,14-15H2,1,3-5H3. The van der Waals surface area contributed by atoms with Crippen LogP contribution in [0.15, 0.2) is 12.2 Å². The molecule has 0 bridgehead atoms. The molecule has 0 radical (unpaired) electrons. The summed E-state index contributed by atoms with van der Waals surface area (Å²) in [5, 5.41) is 0. The van der Waals surface area contributed by atoms with Crippen LogP contribution in [0.3, 0.4) is 0 Å². The molecule has 0 saturated heterocycles. The molecular formula is C20H32O4. The number of hydrogen-bond acceptors (Lipinski definition) is 4. The first kappa shape index (κ1) is 22.2. The van der Waals surface area contributed by atoms with Gasteiger partial charge in [0.05, 0.1) is 6.61 Å². The average Bonchev–Trinajstić information content (AvgIpc) is 2.49. The van der Waals surface area contributed by atoms with Crippen LogP contribution in [0.4, 0.5) is 0 Å². The van der Waals surface area contributed by atoms with Gasteiger partial charge in [-0.05, 0) is 44.1 Å². The minimum absolute atomic E-state index is 0.193. The number of ether oxygens (including phenoxy) is 2. The van der Waals surface area contributed by atoms with Crippen molar-refractivity contribution in [1.29, 1.82) is 0 Å². The van der Waals surface area contributed by atoms with E-state index in [1.807, 2.05) is 13.8 Å². The molecule has 0 saturated carbocycles. The second-order valence-electron chi connectivity index (χ2n) is 6.44. The fraction of sp³-hybridized carbons (Fsp3) is 0.700. The van der Waals surface area contributed by atoms with E-state index in [4.69, 9.17) is 9.47 Å². The van der Waals surface area contributed by atoms with Crippen molar-refractivity contribution in [3.8, 4) is 11.8 Å². The summed E-state index contributed by atoms with van der Waals surface area (Å²) in [6, 6.07) is 0. The summed E-state index contributed by atoms with van der Waals surface area (Å²) in [5.74, 6) is 5.76. The van der Waals surface area contributed by atoms with Crippen LogP contribution in [0.1, 0.15) is 72.6 Å². The van der Waals surface area contributed by atoms with Gasteiger partial charge in [0.2, 0.25) is 0 Å². The first-order valence-electron chi connectivity index (χ1n) is 8.87. The van der Waals surface area contributed by atoms with Gasteiger partial charge in [-0.3, -0.25) is 9.59 Å². The van der Waals surface area contributed by atoms with Crippen molar-refractivity contribution in [2.75, 3.05) is 6.61 Å². The van der Waals surface area contributed by atoms with Crippen LogP contribution in [0, 0.1) is 17.8 Å². The molecule has 4 heteroatoms. The molecule has 0 aromatic rings. The van der Waals surface area contributed by atoms with Crippen molar-refractivity contribution in [3.05, 3.63) is 12.2 Å². The van der Waals surface area contributed by atoms with E-state index < -0.39 is 6.10 Å². The first-order valence-corrected chi connectivity index (χ1v) is 8.87. The van der Waals surface area contributed by atoms with Gasteiger partial charge in [-0.1, -0.05) is 45.6 Å². The van der Waals surface area contributed by atoms with Crippen molar-refractivity contribution in [2.45, 2.75) is 78.7 Å². The van der Waals surface area contributed by atoms with Gasteiger partial charge in [-0.2, -0.15) is 0 Å². The van der Waals surface area contributed by atoms with Gasteiger partial charge in [0.1, 0.15) is 0 Å². The summed E-state index contributed by atoms with van der Waals surface area (Å²) in [7, 11) is 0. The number of unbranched alkanes of at least 4 members (excludes halogenated alkanes) is 2. The van der Waals surface area contributed by atoms with E-state index in [-0.39, 0.29) is 11.9 Å². The third kappa shape index (κ3) is 13.9. The zero-order valence-corrected chi connectivity index (χ0v) is 15.7. The molecule has 136 valence electrons. The molecule has 0 heterocycles. The lowest BCUT2D eigenvalue weighted by Gasteiger charge is -2.14. The molecular weight excluding hydrogens is 304 g/mol. The molecule has 0 aromatic heterocycles. The number of hydrogen-bond donors (Lipinski definition) is 0. The second-order valence-corrected chi connectivity index (χ2v) is 6.44. The predicted molar refractivity (Wildman–Crippen MR) is 96.3 cm³/mol. The molecule has 24 heavy (non-hydrogen) atoms. The van der Waals surface area contributed by atoms with E-state index in [2.05, 4.69) is 32.3 Å². The summed E-state index contributed by atoms with van der Waals surface area (Å²) in [4.78, 5) is 23.4. The van der Waals surface area contributed by atoms with Crippen molar-refractivity contribution >= 4 is 11.9 Å². The molecule has 0 fully saturated rings. The summed E-state index contributed by atoms with van der Waals surface area (Å²) in [6.07, 6.45) is 4.10. The Hall–Kier alpha value is -1.76. The first-order chi connectivity index (χ1) is 11.3. The predicted octanol–water partition coefficient (Wildman–Crippen LogP) is 4.43. The molecule has 0 amide bonds. The van der Waals surface area contributed by atoms with Crippen molar-refractivity contribution < 1.29 is 19.1 Å². The summed E-state index contributed by atoms with van der Waals surface area (Å²) < 4.78 is 10.5. The van der Waals surface area contributed by atoms with Crippen LogP contribution in [-0.4, -0.2) is 24.6 Å². The van der Waals surface area contributed by atoms with Gasteiger partial charge in [0.25, 0.3) is 0 Å². The lowest BCUT2D eigenvalue weighted by molar-refractivity contribution is -0.148. The zero-order chi connectivity index (χ0) is 18.4. The molecule has 1 atom stereocenters. The van der Waals surface area contributed by atoms with E-state index in [0.29, 0.717) is 44.6 Å². The molecule has 0 aromatic carbocycles. The Balaban J connectivity index is 4.06. The van der Waals surface area contributed by atoms with E-state index >= 15 is 0 Å². The summed E-state index contributed by atoms with van der Waals surface area (Å²) >= 11 is 0. The molecule has 0 N–H and O–H groups in total. The molecule has 0 aliphatic heterocycles. The molecule has 0 rings (SSSR count). The van der Waals surface area contributed by atoms with Gasteiger partial charge < -0.3 is 9.47 Å². The third-order valence-corrected chi connectivity index (χ3v) is 3.18. The highest BCUT2D eigenvalue weighted by Crippen LogP contribution is 2.11. The average molecular weight is 336 g/mol. The smallest absolute Gasteiger partial charge is 0.307 e. The largest absolute Gasteiger partial charge is 0.466 e. The lowest BCUT2D eigenvalue weighted by Crippen LogP contribution is -2.18. The molecule has 1 unspecified atom stereocenters. The van der Waals surface area contributed by atoms with E-state index in [9.17, 15) is 9.59 Å². The molecule has 0 aliphatic carbocycles. The highest BCUT2D eigenvalue weighted by atomic mass is 16.5. The lowest BCUT2D eigenvalue weighted by atomic mass is 10.1. The highest BCUT2D eigenvalue weighted by molar-refractivity contribution is 5.70. The maximum absolute atomic E-state index is 11.9. The number of allylic oxidation sites excluding steroid dienone is 1. The Morgan fingerprint density at radius 2 is 1.71 bits per heavy atom. The zero-order valence-electron chi connectivity index (χ0n) is 15.7. The van der Waals surface area contributed by atoms with Gasteiger partial charge in [-0.15, -0.1) is 0 Å². The van der Waals surface area contributed by atoms with E-state index in [0.717, 1.165) is 18.4 Å². The minimum atomic E-state index is -0.395. The Bertz CT molecular complexity index is 454. The van der Waals surface area contributed by atoms with E-state index in [1.54, 1.807) is 0 Å². The Morgan fingerprint density at radius 1 is 1.08 bits per heavy atom. The van der Waals surface area contributed by atoms with E-state index in [1.165, 1.54) is 0 Å². The summed E-state index contributed by atoms with van der Waals surface area (Å²) in [6.45, 7) is 12.2. The van der Waals surface area contributed by atoms with Crippen molar-refractivity contribution in [1.82, 2.24) is 0 Å². The Morgan fingerprint density at radius 3 is 2.25 bits per heavy atom. The molecule has 0 spiro atoms. The van der Waals surface area contributed by atoms with Crippen molar-refractivity contribution in [2.24, 2.45) is 5.92 Å². The fourth-order valence-corrected chi connectivity index (χ4v) is 1.93. The SMILES string of the molecule is C=C(C)C#CC(CC(C)C)OC(=O)CCCCC(=O)OCCCC. The highest BCUT2D eigenvalue weighted by Gasteiger charge is 2.14. The monoisotopic (exact) mass is 336 g/mol. The van der Waals surface area contributed by atoms with Crippen LogP contribution >= 0.6 is 0 Å². The topological polar surface area (TPSA) is 52.6 Å². The van der Waals surface area contributed by atoms with Crippen LogP contribution in [0.2, 0.25) is 0 Å². The Kier molecular flexibility index (Phi) is 12.7. The quantitative estimate of drug-likeness (QED) is 0.318. The van der Waals surface area contributed by atoms with Gasteiger partial charge >= 0.3 is 11.9 Å². The third-order valence-electron chi connectivity index (χ3n) is 3.18. The summed E-state index contributed by atoms with van der Waals surface area (Å²) in [5.41, 5.74) is 0.751. The number of rotatable bonds is 11.